The zero-order valence-electron chi connectivity index (χ0n) is 9.26. The van der Waals surface area contributed by atoms with Crippen molar-refractivity contribution in [2.24, 2.45) is 0 Å². The maximum atomic E-state index is 11.0. The van der Waals surface area contributed by atoms with Crippen molar-refractivity contribution < 1.29 is 4.92 Å². The van der Waals surface area contributed by atoms with Crippen molar-refractivity contribution >= 4 is 28.3 Å². The average Bonchev–Trinajstić information content (AvgIpc) is 2.81. The highest BCUT2D eigenvalue weighted by Crippen LogP contribution is 2.22. The van der Waals surface area contributed by atoms with E-state index in [1.807, 2.05) is 0 Å². The third-order valence-corrected chi connectivity index (χ3v) is 2.62. The second kappa shape index (κ2) is 4.25. The second-order valence-electron chi connectivity index (χ2n) is 3.58. The van der Waals surface area contributed by atoms with Crippen LogP contribution in [0.25, 0.3) is 16.9 Å². The van der Waals surface area contributed by atoms with Crippen molar-refractivity contribution in [1.82, 2.24) is 24.7 Å². The summed E-state index contributed by atoms with van der Waals surface area (Å²) in [6.45, 7) is 0. The molecule has 3 aromatic heterocycles. The van der Waals surface area contributed by atoms with E-state index in [-0.39, 0.29) is 16.8 Å². The van der Waals surface area contributed by atoms with Gasteiger partial charge in [-0.1, -0.05) is 0 Å². The van der Waals surface area contributed by atoms with Gasteiger partial charge in [-0.05, 0) is 17.7 Å². The molecule has 94 valence electrons. The Morgan fingerprint density at radius 2 is 2.16 bits per heavy atom. The first kappa shape index (κ1) is 11.5. The molecule has 3 heterocycles. The zero-order valence-corrected chi connectivity index (χ0v) is 10.0. The summed E-state index contributed by atoms with van der Waals surface area (Å²) in [7, 11) is 0. The first-order valence-corrected chi connectivity index (χ1v) is 5.50. The number of pyridine rings is 1. The van der Waals surface area contributed by atoms with Crippen LogP contribution in [-0.2, 0) is 0 Å². The molecular weight excluding hydrogens is 272 g/mol. The van der Waals surface area contributed by atoms with Crippen LogP contribution in [0.3, 0.4) is 0 Å². The second-order valence-corrected chi connectivity index (χ2v) is 3.92. The van der Waals surface area contributed by atoms with Gasteiger partial charge in [0, 0.05) is 18.5 Å². The van der Waals surface area contributed by atoms with E-state index in [9.17, 15) is 10.1 Å². The molecule has 0 atom stereocenters. The van der Waals surface area contributed by atoms with Gasteiger partial charge in [0.1, 0.15) is 0 Å². The van der Waals surface area contributed by atoms with E-state index in [1.54, 1.807) is 0 Å². The summed E-state index contributed by atoms with van der Waals surface area (Å²) < 4.78 is 1.26. The van der Waals surface area contributed by atoms with Crippen LogP contribution in [0, 0.1) is 10.1 Å². The van der Waals surface area contributed by atoms with E-state index in [0.29, 0.717) is 11.0 Å². The Hall–Kier alpha value is -2.61. The summed E-state index contributed by atoms with van der Waals surface area (Å²) in [5, 5.41) is 15.7. The lowest BCUT2D eigenvalue weighted by Crippen LogP contribution is -2.04. The molecule has 0 unspecified atom stereocenters. The van der Waals surface area contributed by atoms with Gasteiger partial charge in [0.2, 0.25) is 11.1 Å². The van der Waals surface area contributed by atoms with Gasteiger partial charge in [-0.15, -0.1) is 0 Å². The summed E-state index contributed by atoms with van der Waals surface area (Å²) in [6, 6.07) is 2.83. The van der Waals surface area contributed by atoms with Crippen molar-refractivity contribution in [3.63, 3.8) is 0 Å². The van der Waals surface area contributed by atoms with Gasteiger partial charge in [-0.25, -0.2) is 9.97 Å². The third kappa shape index (κ3) is 1.87. The minimum Gasteiger partial charge on any atom is -0.258 e. The normalized spacial score (nSPS) is 10.8. The molecule has 0 aliphatic heterocycles. The molecule has 0 N–H and O–H groups in total. The van der Waals surface area contributed by atoms with Crippen LogP contribution in [0.15, 0.2) is 30.7 Å². The molecule has 8 nitrogen and oxygen atoms in total. The van der Waals surface area contributed by atoms with Gasteiger partial charge < -0.3 is 0 Å². The minimum absolute atomic E-state index is 0.0350. The highest BCUT2D eigenvalue weighted by atomic mass is 35.5. The molecule has 0 saturated heterocycles. The van der Waals surface area contributed by atoms with E-state index in [2.05, 4.69) is 20.1 Å². The highest BCUT2D eigenvalue weighted by Gasteiger charge is 2.19. The van der Waals surface area contributed by atoms with E-state index < -0.39 is 4.92 Å². The Kier molecular flexibility index (Phi) is 2.57. The first-order valence-electron chi connectivity index (χ1n) is 5.13. The van der Waals surface area contributed by atoms with Crippen molar-refractivity contribution in [2.75, 3.05) is 0 Å². The fraction of sp³-hybridized carbons (Fsp3) is 0. The van der Waals surface area contributed by atoms with Gasteiger partial charge in [0.15, 0.2) is 5.65 Å². The number of rotatable bonds is 2. The molecule has 0 aliphatic carbocycles. The van der Waals surface area contributed by atoms with Gasteiger partial charge in [-0.2, -0.15) is 14.8 Å². The summed E-state index contributed by atoms with van der Waals surface area (Å²) in [5.41, 5.74) is 0.198. The van der Waals surface area contributed by atoms with Crippen LogP contribution in [0.5, 0.6) is 0 Å². The maximum absolute atomic E-state index is 11.0. The van der Waals surface area contributed by atoms with Crippen molar-refractivity contribution in [2.45, 2.75) is 0 Å². The van der Waals surface area contributed by atoms with Crippen molar-refractivity contribution in [3.05, 3.63) is 46.1 Å². The average molecular weight is 277 g/mol. The topological polar surface area (TPSA) is 99.6 Å². The SMILES string of the molecule is O=[N+]([O-])c1cccnc1-n1ncc2cnc(Cl)nc21. The van der Waals surface area contributed by atoms with Crippen molar-refractivity contribution in [3.8, 4) is 5.82 Å². The molecular formula is C10H5ClN6O2. The summed E-state index contributed by atoms with van der Waals surface area (Å²) in [5.74, 6) is 0.0808. The van der Waals surface area contributed by atoms with Crippen LogP contribution < -0.4 is 0 Å². The largest absolute Gasteiger partial charge is 0.313 e. The lowest BCUT2D eigenvalue weighted by molar-refractivity contribution is -0.384. The predicted molar refractivity (Wildman–Crippen MR) is 66.1 cm³/mol. The zero-order chi connectivity index (χ0) is 13.4. The highest BCUT2D eigenvalue weighted by molar-refractivity contribution is 6.28. The van der Waals surface area contributed by atoms with Crippen LogP contribution in [0.4, 0.5) is 5.69 Å². The third-order valence-electron chi connectivity index (χ3n) is 2.44. The van der Waals surface area contributed by atoms with Gasteiger partial charge >= 0.3 is 5.69 Å². The number of hydrogen-bond donors (Lipinski definition) is 0. The van der Waals surface area contributed by atoms with Crippen LogP contribution in [0.2, 0.25) is 5.28 Å². The number of hydrogen-bond acceptors (Lipinski definition) is 6. The molecule has 0 bridgehead atoms. The fourth-order valence-corrected chi connectivity index (χ4v) is 1.77. The molecule has 0 spiro atoms. The van der Waals surface area contributed by atoms with Gasteiger partial charge in [0.25, 0.3) is 0 Å². The Balaban J connectivity index is 2.31. The molecule has 0 amide bonds. The predicted octanol–water partition coefficient (Wildman–Crippen LogP) is 1.77. The van der Waals surface area contributed by atoms with E-state index >= 15 is 0 Å². The Bertz CT molecular complexity index is 787. The van der Waals surface area contributed by atoms with E-state index in [4.69, 9.17) is 11.6 Å². The van der Waals surface area contributed by atoms with Crippen LogP contribution >= 0.6 is 11.6 Å². The fourth-order valence-electron chi connectivity index (χ4n) is 1.65. The molecule has 0 aliphatic rings. The Morgan fingerprint density at radius 1 is 1.32 bits per heavy atom. The summed E-state index contributed by atoms with van der Waals surface area (Å²) >= 11 is 5.72. The maximum Gasteiger partial charge on any atom is 0.313 e. The lowest BCUT2D eigenvalue weighted by Gasteiger charge is -2.02. The Morgan fingerprint density at radius 3 is 2.95 bits per heavy atom. The standard InChI is InChI=1S/C10H5ClN6O2/c11-10-13-4-6-5-14-16(8(6)15-10)9-7(17(18)19)2-1-3-12-9/h1-5H. The first-order chi connectivity index (χ1) is 9.16. The summed E-state index contributed by atoms with van der Waals surface area (Å²) in [6.07, 6.45) is 4.42. The van der Waals surface area contributed by atoms with Crippen LogP contribution in [0.1, 0.15) is 0 Å². The molecule has 0 saturated carbocycles. The minimum atomic E-state index is -0.529. The number of aromatic nitrogens is 5. The molecule has 0 radical (unpaired) electrons. The van der Waals surface area contributed by atoms with E-state index in [1.165, 1.54) is 35.4 Å². The van der Waals surface area contributed by atoms with Gasteiger partial charge in [0.05, 0.1) is 16.5 Å². The lowest BCUT2D eigenvalue weighted by atomic mass is 10.4. The van der Waals surface area contributed by atoms with Crippen molar-refractivity contribution in [1.29, 1.82) is 0 Å². The van der Waals surface area contributed by atoms with Gasteiger partial charge in [-0.3, -0.25) is 10.1 Å². The summed E-state index contributed by atoms with van der Waals surface area (Å²) in [4.78, 5) is 22.3. The molecule has 3 aromatic rings. The van der Waals surface area contributed by atoms with Crippen LogP contribution in [-0.4, -0.2) is 29.7 Å². The number of nitro groups is 1. The molecule has 0 aromatic carbocycles. The van der Waals surface area contributed by atoms with E-state index in [0.717, 1.165) is 0 Å². The number of fused-ring (bicyclic) bond motifs is 1. The molecule has 9 heteroatoms. The molecule has 3 rings (SSSR count). The number of halogens is 1. The molecule has 19 heavy (non-hydrogen) atoms. The quantitative estimate of drug-likeness (QED) is 0.402. The molecule has 0 fully saturated rings. The number of nitrogens with zero attached hydrogens (tertiary/aromatic N) is 6. The monoisotopic (exact) mass is 276 g/mol. The Labute approximate surface area is 110 Å². The smallest absolute Gasteiger partial charge is 0.258 e.